The SMILES string of the molecule is COc1cc2c(cc1OC)C(=O)C(=Cc1ccnn1C)C2. The lowest BCUT2D eigenvalue weighted by Crippen LogP contribution is -1.99. The first-order valence-electron chi connectivity index (χ1n) is 6.62. The standard InChI is InChI=1S/C16H16N2O3/c1-18-12(4-5-17-18)7-11-6-10-8-14(20-2)15(21-3)9-13(10)16(11)19/h4-5,7-9H,6H2,1-3H3. The molecule has 0 bridgehead atoms. The lowest BCUT2D eigenvalue weighted by atomic mass is 10.1. The van der Waals surface area contributed by atoms with Crippen LogP contribution in [0.15, 0.2) is 30.0 Å². The molecule has 0 saturated heterocycles. The van der Waals surface area contributed by atoms with Gasteiger partial charge in [-0.25, -0.2) is 0 Å². The third-order valence-electron chi connectivity index (χ3n) is 3.71. The van der Waals surface area contributed by atoms with Crippen molar-refractivity contribution in [2.75, 3.05) is 14.2 Å². The molecule has 5 nitrogen and oxygen atoms in total. The Morgan fingerprint density at radius 1 is 1.24 bits per heavy atom. The van der Waals surface area contributed by atoms with Crippen LogP contribution in [0.3, 0.4) is 0 Å². The number of nitrogens with zero attached hydrogens (tertiary/aromatic N) is 2. The van der Waals surface area contributed by atoms with Crippen LogP contribution in [-0.4, -0.2) is 29.8 Å². The third kappa shape index (κ3) is 2.20. The molecule has 1 aromatic heterocycles. The molecule has 3 rings (SSSR count). The van der Waals surface area contributed by atoms with Gasteiger partial charge in [-0.3, -0.25) is 9.48 Å². The molecule has 0 amide bonds. The molecule has 1 aliphatic rings. The van der Waals surface area contributed by atoms with Crippen LogP contribution in [0.4, 0.5) is 0 Å². The molecule has 0 spiro atoms. The van der Waals surface area contributed by atoms with Crippen LogP contribution in [-0.2, 0) is 13.5 Å². The molecule has 5 heteroatoms. The molecule has 2 aromatic rings. The molecule has 1 heterocycles. The van der Waals surface area contributed by atoms with Gasteiger partial charge in [0.15, 0.2) is 17.3 Å². The number of ketones is 1. The number of benzene rings is 1. The van der Waals surface area contributed by atoms with E-state index in [-0.39, 0.29) is 5.78 Å². The van der Waals surface area contributed by atoms with Crippen molar-refractivity contribution in [3.63, 3.8) is 0 Å². The van der Waals surface area contributed by atoms with Crippen LogP contribution >= 0.6 is 0 Å². The normalized spacial score (nSPS) is 15.4. The van der Waals surface area contributed by atoms with Gasteiger partial charge in [0.1, 0.15) is 0 Å². The number of carbonyl (C=O) groups is 1. The fraction of sp³-hybridized carbons (Fsp3) is 0.250. The Morgan fingerprint density at radius 3 is 2.57 bits per heavy atom. The number of Topliss-reactive ketones (excluding diaryl/α,β-unsaturated/α-hetero) is 1. The zero-order valence-electron chi connectivity index (χ0n) is 12.2. The van der Waals surface area contributed by atoms with E-state index in [0.717, 1.165) is 16.8 Å². The highest BCUT2D eigenvalue weighted by Crippen LogP contribution is 2.36. The monoisotopic (exact) mass is 284 g/mol. The van der Waals surface area contributed by atoms with Crippen molar-refractivity contribution in [3.05, 3.63) is 46.8 Å². The maximum absolute atomic E-state index is 12.5. The Hall–Kier alpha value is -2.56. The Balaban J connectivity index is 2.03. The molecular weight excluding hydrogens is 268 g/mol. The Bertz CT molecular complexity index is 744. The van der Waals surface area contributed by atoms with Crippen LogP contribution in [0, 0.1) is 0 Å². The predicted octanol–water partition coefficient (Wildman–Crippen LogP) is 2.26. The van der Waals surface area contributed by atoms with Gasteiger partial charge >= 0.3 is 0 Å². The van der Waals surface area contributed by atoms with Gasteiger partial charge in [-0.2, -0.15) is 5.10 Å². The smallest absolute Gasteiger partial charge is 0.189 e. The minimum atomic E-state index is 0.0344. The first-order chi connectivity index (χ1) is 10.1. The number of allylic oxidation sites excluding steroid dienone is 1. The molecule has 1 aromatic carbocycles. The van der Waals surface area contributed by atoms with Crippen LogP contribution in [0.25, 0.3) is 6.08 Å². The number of methoxy groups -OCH3 is 2. The van der Waals surface area contributed by atoms with Gasteiger partial charge in [0.25, 0.3) is 0 Å². The van der Waals surface area contributed by atoms with Crippen molar-refractivity contribution in [1.29, 1.82) is 0 Å². The molecule has 1 aliphatic carbocycles. The summed E-state index contributed by atoms with van der Waals surface area (Å²) in [4.78, 5) is 12.5. The van der Waals surface area contributed by atoms with Gasteiger partial charge in [-0.05, 0) is 29.8 Å². The third-order valence-corrected chi connectivity index (χ3v) is 3.71. The molecule has 0 atom stereocenters. The second-order valence-corrected chi connectivity index (χ2v) is 4.92. The van der Waals surface area contributed by atoms with E-state index in [9.17, 15) is 4.79 Å². The van der Waals surface area contributed by atoms with Crippen LogP contribution in [0.5, 0.6) is 11.5 Å². The fourth-order valence-corrected chi connectivity index (χ4v) is 2.56. The highest BCUT2D eigenvalue weighted by atomic mass is 16.5. The highest BCUT2D eigenvalue weighted by molar-refractivity contribution is 6.15. The maximum atomic E-state index is 12.5. The number of aromatic nitrogens is 2. The van der Waals surface area contributed by atoms with Crippen molar-refractivity contribution in [1.82, 2.24) is 9.78 Å². The van der Waals surface area contributed by atoms with Crippen molar-refractivity contribution in [2.45, 2.75) is 6.42 Å². The molecule has 0 unspecified atom stereocenters. The van der Waals surface area contributed by atoms with Crippen LogP contribution in [0.2, 0.25) is 0 Å². The second-order valence-electron chi connectivity index (χ2n) is 4.92. The summed E-state index contributed by atoms with van der Waals surface area (Å²) in [6.45, 7) is 0. The van der Waals surface area contributed by atoms with Gasteiger partial charge in [-0.1, -0.05) is 0 Å². The minimum absolute atomic E-state index is 0.0344. The fourth-order valence-electron chi connectivity index (χ4n) is 2.56. The summed E-state index contributed by atoms with van der Waals surface area (Å²) in [5.74, 6) is 1.25. The molecule has 0 saturated carbocycles. The molecular formula is C16H16N2O3. The van der Waals surface area contributed by atoms with E-state index in [1.54, 1.807) is 31.2 Å². The van der Waals surface area contributed by atoms with Gasteiger partial charge in [0.05, 0.1) is 19.9 Å². The van der Waals surface area contributed by atoms with Crippen molar-refractivity contribution in [2.24, 2.45) is 7.05 Å². The Morgan fingerprint density at radius 2 is 1.95 bits per heavy atom. The summed E-state index contributed by atoms with van der Waals surface area (Å²) in [5.41, 5.74) is 3.31. The van der Waals surface area contributed by atoms with Crippen molar-refractivity contribution >= 4 is 11.9 Å². The predicted molar refractivity (Wildman–Crippen MR) is 78.8 cm³/mol. The second kappa shape index (κ2) is 5.09. The highest BCUT2D eigenvalue weighted by Gasteiger charge is 2.27. The Kier molecular flexibility index (Phi) is 3.25. The molecule has 0 aliphatic heterocycles. The Labute approximate surface area is 122 Å². The number of rotatable bonds is 3. The van der Waals surface area contributed by atoms with E-state index >= 15 is 0 Å². The van der Waals surface area contributed by atoms with E-state index in [2.05, 4.69) is 5.10 Å². The maximum Gasteiger partial charge on any atom is 0.189 e. The lowest BCUT2D eigenvalue weighted by Gasteiger charge is -2.08. The van der Waals surface area contributed by atoms with E-state index in [1.165, 1.54) is 0 Å². The average molecular weight is 284 g/mol. The summed E-state index contributed by atoms with van der Waals surface area (Å²) in [6, 6.07) is 5.50. The topological polar surface area (TPSA) is 53.4 Å². The molecule has 21 heavy (non-hydrogen) atoms. The molecule has 0 fully saturated rings. The first kappa shape index (κ1) is 13.4. The van der Waals surface area contributed by atoms with E-state index in [1.807, 2.05) is 25.3 Å². The average Bonchev–Trinajstić information content (AvgIpc) is 3.03. The number of aryl methyl sites for hydroxylation is 1. The van der Waals surface area contributed by atoms with Gasteiger partial charge in [-0.15, -0.1) is 0 Å². The van der Waals surface area contributed by atoms with Crippen LogP contribution in [0.1, 0.15) is 21.6 Å². The quantitative estimate of drug-likeness (QED) is 0.811. The van der Waals surface area contributed by atoms with E-state index < -0.39 is 0 Å². The molecule has 0 N–H and O–H groups in total. The first-order valence-corrected chi connectivity index (χ1v) is 6.62. The van der Waals surface area contributed by atoms with Crippen molar-refractivity contribution in [3.8, 4) is 11.5 Å². The zero-order chi connectivity index (χ0) is 15.0. The summed E-state index contributed by atoms with van der Waals surface area (Å²) in [5, 5.41) is 4.11. The van der Waals surface area contributed by atoms with Gasteiger partial charge < -0.3 is 9.47 Å². The number of carbonyl (C=O) groups excluding carboxylic acids is 1. The largest absolute Gasteiger partial charge is 0.493 e. The van der Waals surface area contributed by atoms with E-state index in [4.69, 9.17) is 9.47 Å². The minimum Gasteiger partial charge on any atom is -0.493 e. The number of ether oxygens (including phenoxy) is 2. The van der Waals surface area contributed by atoms with Crippen LogP contribution < -0.4 is 9.47 Å². The number of hydrogen-bond donors (Lipinski definition) is 0. The molecule has 0 radical (unpaired) electrons. The van der Waals surface area contributed by atoms with Gasteiger partial charge in [0.2, 0.25) is 0 Å². The summed E-state index contributed by atoms with van der Waals surface area (Å²) >= 11 is 0. The lowest BCUT2D eigenvalue weighted by molar-refractivity contribution is 0.104. The van der Waals surface area contributed by atoms with E-state index in [0.29, 0.717) is 23.5 Å². The van der Waals surface area contributed by atoms with Gasteiger partial charge in [0, 0.05) is 30.8 Å². The zero-order valence-corrected chi connectivity index (χ0v) is 12.2. The summed E-state index contributed by atoms with van der Waals surface area (Å²) in [6.07, 6.45) is 4.19. The van der Waals surface area contributed by atoms with Crippen molar-refractivity contribution < 1.29 is 14.3 Å². The molecule has 108 valence electrons. The summed E-state index contributed by atoms with van der Waals surface area (Å²) < 4.78 is 12.3. The number of hydrogen-bond acceptors (Lipinski definition) is 4. The summed E-state index contributed by atoms with van der Waals surface area (Å²) in [7, 11) is 5.01. The number of fused-ring (bicyclic) bond motifs is 1.